The number of aromatic amines is 1. The number of nitrogens with one attached hydrogen (secondary N) is 1. The Hall–Kier alpha value is -3.62. The van der Waals surface area contributed by atoms with E-state index >= 15 is 0 Å². The number of carbonyl (C=O) groups excluding carboxylic acids is 1. The number of pyridine rings is 1. The van der Waals surface area contributed by atoms with E-state index in [-0.39, 0.29) is 16.4 Å². The molecule has 0 atom stereocenters. The molecule has 0 aliphatic heterocycles. The van der Waals surface area contributed by atoms with Crippen molar-refractivity contribution < 1.29 is 17.9 Å². The Bertz CT molecular complexity index is 1670. The maximum Gasteiger partial charge on any atom is 0.354 e. The van der Waals surface area contributed by atoms with E-state index in [1.165, 1.54) is 30.3 Å². The lowest BCUT2D eigenvalue weighted by atomic mass is 9.94. The average molecular weight is 537 g/mol. The normalized spacial score (nSPS) is 12.6. The summed E-state index contributed by atoms with van der Waals surface area (Å²) in [6.45, 7) is 4.37. The molecular formula is C28H25ClN2O5S. The van der Waals surface area contributed by atoms with Crippen LogP contribution < -0.4 is 5.56 Å². The van der Waals surface area contributed by atoms with Crippen molar-refractivity contribution in [3.63, 3.8) is 0 Å². The zero-order chi connectivity index (χ0) is 26.3. The number of nitrogens with zero attached hydrogens (tertiary/aromatic N) is 1. The minimum atomic E-state index is -4.06. The highest BCUT2D eigenvalue weighted by Gasteiger charge is 2.30. The molecule has 5 rings (SSSR count). The number of ether oxygens (including phenoxy) is 1. The van der Waals surface area contributed by atoms with Gasteiger partial charge >= 0.3 is 5.97 Å². The number of aryl methyl sites for hydroxylation is 3. The predicted octanol–water partition coefficient (Wildman–Crippen LogP) is 4.96. The number of hydrogen-bond acceptors (Lipinski definition) is 5. The number of carbonyl (C=O) groups is 1. The summed E-state index contributed by atoms with van der Waals surface area (Å²) in [5.74, 6) is -0.449. The standard InChI is InChI=1S/C28H25ClN2O5S/c1-3-36-28(33)23-14-20-9-8-19-15-24(37(34,35)22-12-10-21(29)11-13-22)27(32)30-25(19)26(20)31(23)16-18-6-4-17(2)5-7-18/h4-7,10-15H,3,8-9,16H2,1-2H3,(H,30,32). The zero-order valence-corrected chi connectivity index (χ0v) is 21.9. The SMILES string of the molecule is CCOC(=O)c1cc2c(n1Cc1ccc(C)cc1)-c1[nH]c(=O)c(S(=O)(=O)c3ccc(Cl)cc3)cc1CC2. The lowest BCUT2D eigenvalue weighted by Crippen LogP contribution is -2.22. The highest BCUT2D eigenvalue weighted by Crippen LogP contribution is 2.36. The van der Waals surface area contributed by atoms with E-state index in [0.717, 1.165) is 16.7 Å². The van der Waals surface area contributed by atoms with Crippen LogP contribution in [0.25, 0.3) is 11.4 Å². The van der Waals surface area contributed by atoms with Crippen LogP contribution >= 0.6 is 11.6 Å². The molecule has 0 fully saturated rings. The fourth-order valence-corrected chi connectivity index (χ4v) is 6.14. The lowest BCUT2D eigenvalue weighted by molar-refractivity contribution is 0.0514. The summed E-state index contributed by atoms with van der Waals surface area (Å²) in [7, 11) is -4.06. The van der Waals surface area contributed by atoms with Gasteiger partial charge in [0.15, 0.2) is 0 Å². The number of fused-ring (bicyclic) bond motifs is 3. The number of sulfone groups is 1. The average Bonchev–Trinajstić information content (AvgIpc) is 3.24. The van der Waals surface area contributed by atoms with E-state index in [1.807, 2.05) is 35.8 Å². The number of aromatic nitrogens is 2. The Morgan fingerprint density at radius 2 is 1.70 bits per heavy atom. The minimum Gasteiger partial charge on any atom is -0.461 e. The quantitative estimate of drug-likeness (QED) is 0.351. The van der Waals surface area contributed by atoms with Crippen molar-refractivity contribution in [1.29, 1.82) is 0 Å². The number of halogens is 1. The second-order valence-electron chi connectivity index (χ2n) is 9.02. The van der Waals surface area contributed by atoms with Crippen LogP contribution in [-0.2, 0) is 34.0 Å². The van der Waals surface area contributed by atoms with Crippen LogP contribution in [0, 0.1) is 6.92 Å². The van der Waals surface area contributed by atoms with Gasteiger partial charge in [0.25, 0.3) is 5.56 Å². The molecule has 0 unspecified atom stereocenters. The lowest BCUT2D eigenvalue weighted by Gasteiger charge is -2.21. The van der Waals surface area contributed by atoms with Gasteiger partial charge in [-0.1, -0.05) is 41.4 Å². The zero-order valence-electron chi connectivity index (χ0n) is 20.4. The van der Waals surface area contributed by atoms with Gasteiger partial charge < -0.3 is 14.3 Å². The topological polar surface area (TPSA) is 98.2 Å². The summed E-state index contributed by atoms with van der Waals surface area (Å²) in [6.07, 6.45) is 1.10. The molecule has 1 aliphatic carbocycles. The van der Waals surface area contributed by atoms with E-state index in [0.29, 0.717) is 47.1 Å². The summed E-state index contributed by atoms with van der Waals surface area (Å²) >= 11 is 5.91. The van der Waals surface area contributed by atoms with Gasteiger partial charge in [0.05, 0.1) is 22.9 Å². The molecule has 0 saturated carbocycles. The molecule has 37 heavy (non-hydrogen) atoms. The van der Waals surface area contributed by atoms with Gasteiger partial charge in [0, 0.05) is 11.6 Å². The van der Waals surface area contributed by atoms with Gasteiger partial charge in [-0.15, -0.1) is 0 Å². The van der Waals surface area contributed by atoms with Gasteiger partial charge in [0.2, 0.25) is 9.84 Å². The molecule has 0 saturated heterocycles. The van der Waals surface area contributed by atoms with Crippen molar-refractivity contribution in [3.05, 3.63) is 104 Å². The first kappa shape index (κ1) is 25.0. The molecule has 2 aromatic carbocycles. The van der Waals surface area contributed by atoms with E-state index in [1.54, 1.807) is 13.0 Å². The molecule has 2 aromatic heterocycles. The molecule has 1 aliphatic rings. The first-order chi connectivity index (χ1) is 17.7. The van der Waals surface area contributed by atoms with Crippen molar-refractivity contribution in [2.75, 3.05) is 6.61 Å². The maximum atomic E-state index is 13.3. The van der Waals surface area contributed by atoms with Crippen molar-refractivity contribution in [3.8, 4) is 11.4 Å². The molecular weight excluding hydrogens is 512 g/mol. The summed E-state index contributed by atoms with van der Waals surface area (Å²) in [6, 6.07) is 17.0. The first-order valence-electron chi connectivity index (χ1n) is 11.9. The molecule has 9 heteroatoms. The Balaban J connectivity index is 1.66. The van der Waals surface area contributed by atoms with Crippen LogP contribution in [0.2, 0.25) is 5.02 Å². The number of esters is 1. The molecule has 0 amide bonds. The fourth-order valence-electron chi connectivity index (χ4n) is 4.68. The minimum absolute atomic E-state index is 0.00816. The van der Waals surface area contributed by atoms with Crippen LogP contribution in [0.5, 0.6) is 0 Å². The number of H-pyrrole nitrogens is 1. The van der Waals surface area contributed by atoms with Crippen LogP contribution in [0.15, 0.2) is 75.2 Å². The number of rotatable bonds is 6. The third kappa shape index (κ3) is 4.63. The maximum absolute atomic E-state index is 13.3. The van der Waals surface area contributed by atoms with Crippen LogP contribution in [-0.4, -0.2) is 30.5 Å². The first-order valence-corrected chi connectivity index (χ1v) is 13.8. The molecule has 2 heterocycles. The van der Waals surface area contributed by atoms with Crippen molar-refractivity contribution in [2.45, 2.75) is 43.0 Å². The van der Waals surface area contributed by atoms with E-state index in [2.05, 4.69) is 4.98 Å². The molecule has 7 nitrogen and oxygen atoms in total. The van der Waals surface area contributed by atoms with Crippen molar-refractivity contribution in [1.82, 2.24) is 9.55 Å². The molecule has 4 aromatic rings. The van der Waals surface area contributed by atoms with Gasteiger partial charge in [0.1, 0.15) is 10.6 Å². The van der Waals surface area contributed by atoms with Gasteiger partial charge in [-0.3, -0.25) is 4.79 Å². The smallest absolute Gasteiger partial charge is 0.354 e. The fraction of sp³-hybridized carbons (Fsp3) is 0.214. The van der Waals surface area contributed by atoms with E-state index in [9.17, 15) is 18.0 Å². The summed E-state index contributed by atoms with van der Waals surface area (Å²) in [5, 5.41) is 0.401. The van der Waals surface area contributed by atoms with Gasteiger partial charge in [-0.2, -0.15) is 0 Å². The Kier molecular flexibility index (Phi) is 6.56. The largest absolute Gasteiger partial charge is 0.461 e. The van der Waals surface area contributed by atoms with Crippen LogP contribution in [0.4, 0.5) is 0 Å². The molecule has 0 radical (unpaired) electrons. The molecule has 0 spiro atoms. The second kappa shape index (κ2) is 9.68. The summed E-state index contributed by atoms with van der Waals surface area (Å²) in [5.41, 5.74) is 4.56. The van der Waals surface area contributed by atoms with E-state index < -0.39 is 21.4 Å². The Morgan fingerprint density at radius 1 is 1.03 bits per heavy atom. The number of benzene rings is 2. The second-order valence-corrected chi connectivity index (χ2v) is 11.4. The van der Waals surface area contributed by atoms with Gasteiger partial charge in [-0.05, 0) is 79.8 Å². The monoisotopic (exact) mass is 536 g/mol. The van der Waals surface area contributed by atoms with Crippen molar-refractivity contribution in [2.24, 2.45) is 0 Å². The molecule has 190 valence electrons. The predicted molar refractivity (Wildman–Crippen MR) is 141 cm³/mol. The summed E-state index contributed by atoms with van der Waals surface area (Å²) < 4.78 is 33.7. The Labute approximate surface area is 219 Å². The highest BCUT2D eigenvalue weighted by atomic mass is 35.5. The van der Waals surface area contributed by atoms with E-state index in [4.69, 9.17) is 16.3 Å². The van der Waals surface area contributed by atoms with Crippen molar-refractivity contribution >= 4 is 27.4 Å². The summed E-state index contributed by atoms with van der Waals surface area (Å²) in [4.78, 5) is 28.5. The third-order valence-corrected chi connectivity index (χ3v) is 8.55. The Morgan fingerprint density at radius 3 is 2.38 bits per heavy atom. The van der Waals surface area contributed by atoms with Gasteiger partial charge in [-0.25, -0.2) is 13.2 Å². The molecule has 0 bridgehead atoms. The number of hydrogen-bond donors (Lipinski definition) is 1. The van der Waals surface area contributed by atoms with Crippen LogP contribution in [0.1, 0.15) is 39.7 Å². The van der Waals surface area contributed by atoms with Crippen LogP contribution in [0.3, 0.4) is 0 Å². The molecule has 1 N–H and O–H groups in total. The highest BCUT2D eigenvalue weighted by molar-refractivity contribution is 7.91. The third-order valence-electron chi connectivity index (χ3n) is 6.52.